The number of aliphatic hydroxyl groups excluding tert-OH is 1. The van der Waals surface area contributed by atoms with Crippen LogP contribution in [0.5, 0.6) is 23.0 Å². The zero-order valence-electron chi connectivity index (χ0n) is 33.8. The Bertz CT molecular complexity index is 2040. The van der Waals surface area contributed by atoms with Crippen LogP contribution in [-0.2, 0) is 38.3 Å². The van der Waals surface area contributed by atoms with Crippen LogP contribution in [0.25, 0.3) is 0 Å². The number of hydrogen-bond acceptors (Lipinski definition) is 12. The number of carbonyl (C=O) groups is 4. The highest BCUT2D eigenvalue weighted by molar-refractivity contribution is 7.62. The Kier molecular flexibility index (Phi) is 13.7. The standard InChI is InChI=1S/C42H49F3NO12P/c1-39(2,3)37(50)55-26-13-17-30-33(23-26)57-34-24-27(56-38(51)40(4,5)6)14-18-31(34)41(30)32-25-28(15-16-29(32)35(48)58-41)59(52,53-21-11-8-7-10-20-47)54-22-12-9-19-46-36(49)42(43,44)45/h13-18,23-25,47H,7-12,19-22H2,1-6H3,(H,46,49). The molecule has 0 saturated heterocycles. The van der Waals surface area contributed by atoms with Gasteiger partial charge < -0.3 is 38.4 Å². The molecule has 2 aliphatic rings. The molecule has 0 bridgehead atoms. The predicted molar refractivity (Wildman–Crippen MR) is 208 cm³/mol. The van der Waals surface area contributed by atoms with Gasteiger partial charge in [-0.1, -0.05) is 12.8 Å². The van der Waals surface area contributed by atoms with Crippen LogP contribution in [0.3, 0.4) is 0 Å². The summed E-state index contributed by atoms with van der Waals surface area (Å²) < 4.78 is 88.4. The van der Waals surface area contributed by atoms with Crippen LogP contribution in [0, 0.1) is 10.8 Å². The Labute approximate surface area is 340 Å². The van der Waals surface area contributed by atoms with Crippen LogP contribution in [0.15, 0.2) is 54.6 Å². The molecule has 5 rings (SSSR count). The van der Waals surface area contributed by atoms with E-state index in [9.17, 15) is 36.9 Å². The summed E-state index contributed by atoms with van der Waals surface area (Å²) >= 11 is 0. The molecule has 1 amide bonds. The fraction of sp³-hybridized carbons (Fsp3) is 0.476. The first-order chi connectivity index (χ1) is 27.6. The molecule has 2 aliphatic heterocycles. The summed E-state index contributed by atoms with van der Waals surface area (Å²) in [5, 5.41) is 11.0. The normalized spacial score (nSPS) is 15.3. The quantitative estimate of drug-likeness (QED) is 0.0616. The number of unbranched alkanes of at least 4 members (excludes halogenated alkanes) is 4. The van der Waals surface area contributed by atoms with E-state index in [1.165, 1.54) is 42.5 Å². The molecule has 2 N–H and O–H groups in total. The highest BCUT2D eigenvalue weighted by Gasteiger charge is 2.54. The number of ether oxygens (including phenoxy) is 4. The first kappa shape index (κ1) is 45.3. The minimum atomic E-state index is -5.03. The molecule has 3 aromatic carbocycles. The van der Waals surface area contributed by atoms with Crippen LogP contribution >= 0.6 is 7.60 Å². The molecular formula is C42H49F3NO12P. The maximum absolute atomic E-state index is 14.7. The molecule has 3 aromatic rings. The number of aliphatic hydroxyl groups is 1. The average molecular weight is 848 g/mol. The molecule has 0 aromatic heterocycles. The van der Waals surface area contributed by atoms with Crippen LogP contribution in [0.1, 0.15) is 107 Å². The minimum absolute atomic E-state index is 0.00631. The second kappa shape index (κ2) is 17.8. The second-order valence-corrected chi connectivity index (χ2v) is 18.3. The third-order valence-electron chi connectivity index (χ3n) is 9.38. The van der Waals surface area contributed by atoms with Gasteiger partial charge in [0, 0.05) is 42.0 Å². The van der Waals surface area contributed by atoms with Gasteiger partial charge in [0.25, 0.3) is 0 Å². The number of benzene rings is 3. The summed E-state index contributed by atoms with van der Waals surface area (Å²) in [5.74, 6) is -3.28. The molecular weight excluding hydrogens is 798 g/mol. The van der Waals surface area contributed by atoms with Crippen molar-refractivity contribution in [3.8, 4) is 23.0 Å². The van der Waals surface area contributed by atoms with Gasteiger partial charge in [0.05, 0.1) is 34.9 Å². The molecule has 13 nitrogen and oxygen atoms in total. The third kappa shape index (κ3) is 10.3. The second-order valence-electron chi connectivity index (χ2n) is 16.3. The Balaban J connectivity index is 1.56. The van der Waals surface area contributed by atoms with E-state index in [-0.39, 0.29) is 78.6 Å². The zero-order valence-corrected chi connectivity index (χ0v) is 34.7. The van der Waals surface area contributed by atoms with Crippen LogP contribution in [-0.4, -0.2) is 61.5 Å². The van der Waals surface area contributed by atoms with Crippen LogP contribution in [0.4, 0.5) is 13.2 Å². The molecule has 0 saturated carbocycles. The first-order valence-corrected chi connectivity index (χ1v) is 20.8. The molecule has 1 unspecified atom stereocenters. The van der Waals surface area contributed by atoms with Gasteiger partial charge in [-0.15, -0.1) is 0 Å². The van der Waals surface area contributed by atoms with Crippen molar-refractivity contribution in [2.24, 2.45) is 10.8 Å². The van der Waals surface area contributed by atoms with E-state index in [0.717, 1.165) is 0 Å². The lowest BCUT2D eigenvalue weighted by Crippen LogP contribution is -2.37. The van der Waals surface area contributed by atoms with Gasteiger partial charge in [0.15, 0.2) is 5.60 Å². The number of hydrogen-bond donors (Lipinski definition) is 2. The van der Waals surface area contributed by atoms with E-state index in [4.69, 9.17) is 33.1 Å². The maximum Gasteiger partial charge on any atom is 0.471 e. The molecule has 0 aliphatic carbocycles. The maximum atomic E-state index is 14.7. The molecule has 17 heteroatoms. The van der Waals surface area contributed by atoms with Gasteiger partial charge in [-0.25, -0.2) is 4.79 Å². The summed E-state index contributed by atoms with van der Waals surface area (Å²) in [6, 6.07) is 13.5. The first-order valence-electron chi connectivity index (χ1n) is 19.2. The molecule has 2 heterocycles. The van der Waals surface area contributed by atoms with Crippen molar-refractivity contribution < 1.29 is 70.0 Å². The fourth-order valence-corrected chi connectivity index (χ4v) is 7.80. The number of carbonyl (C=O) groups excluding carboxylic acids is 4. The smallest absolute Gasteiger partial charge is 0.456 e. The fourth-order valence-electron chi connectivity index (χ4n) is 6.14. The summed E-state index contributed by atoms with van der Waals surface area (Å²) in [4.78, 5) is 50.7. The minimum Gasteiger partial charge on any atom is -0.456 e. The van der Waals surface area contributed by atoms with E-state index in [0.29, 0.717) is 36.8 Å². The van der Waals surface area contributed by atoms with E-state index in [1.54, 1.807) is 59.0 Å². The van der Waals surface area contributed by atoms with E-state index < -0.39 is 54.0 Å². The van der Waals surface area contributed by atoms with Crippen LogP contribution in [0.2, 0.25) is 0 Å². The highest BCUT2D eigenvalue weighted by Crippen LogP contribution is 2.58. The lowest BCUT2D eigenvalue weighted by Gasteiger charge is -2.37. The van der Waals surface area contributed by atoms with Gasteiger partial charge in [0.2, 0.25) is 0 Å². The SMILES string of the molecule is CC(C)(C)C(=O)Oc1ccc2c(c1)Oc1cc(OC(=O)C(C)(C)C)ccc1C21OC(=O)c2ccc(P(=O)(OCCCCCCO)OCCCCNC(=O)C(F)(F)F)cc21. The van der Waals surface area contributed by atoms with Crippen molar-refractivity contribution in [2.75, 3.05) is 26.4 Å². The van der Waals surface area contributed by atoms with Crippen molar-refractivity contribution in [1.82, 2.24) is 5.32 Å². The van der Waals surface area contributed by atoms with Crippen molar-refractivity contribution in [1.29, 1.82) is 0 Å². The Morgan fingerprint density at radius 3 is 1.76 bits per heavy atom. The van der Waals surface area contributed by atoms with Crippen LogP contribution < -0.4 is 24.8 Å². The zero-order chi connectivity index (χ0) is 43.4. The topological polar surface area (TPSA) is 173 Å². The van der Waals surface area contributed by atoms with Crippen molar-refractivity contribution in [3.63, 3.8) is 0 Å². The van der Waals surface area contributed by atoms with Crippen molar-refractivity contribution in [3.05, 3.63) is 76.9 Å². The van der Waals surface area contributed by atoms with Gasteiger partial charge in [-0.3, -0.25) is 18.9 Å². The number of halogens is 3. The number of amides is 1. The Morgan fingerprint density at radius 1 is 0.729 bits per heavy atom. The van der Waals surface area contributed by atoms with E-state index >= 15 is 0 Å². The third-order valence-corrected chi connectivity index (χ3v) is 11.3. The number of fused-ring (bicyclic) bond motifs is 6. The number of esters is 3. The Hall–Kier alpha value is -4.76. The molecule has 1 atom stereocenters. The number of nitrogens with one attached hydrogen (secondary N) is 1. The molecule has 320 valence electrons. The van der Waals surface area contributed by atoms with Gasteiger partial charge >= 0.3 is 37.6 Å². The van der Waals surface area contributed by atoms with Crippen molar-refractivity contribution in [2.45, 2.75) is 91.8 Å². The largest absolute Gasteiger partial charge is 0.471 e. The number of rotatable bonds is 16. The molecule has 59 heavy (non-hydrogen) atoms. The van der Waals surface area contributed by atoms with Gasteiger partial charge in [-0.05, 0) is 110 Å². The average Bonchev–Trinajstić information content (AvgIpc) is 3.44. The predicted octanol–water partition coefficient (Wildman–Crippen LogP) is 8.02. The van der Waals surface area contributed by atoms with E-state index in [1.807, 2.05) is 0 Å². The summed E-state index contributed by atoms with van der Waals surface area (Å²) in [7, 11) is -4.22. The summed E-state index contributed by atoms with van der Waals surface area (Å²) in [5.41, 5.74) is -2.40. The summed E-state index contributed by atoms with van der Waals surface area (Å²) in [6.07, 6.45) is -2.44. The number of alkyl halides is 3. The monoisotopic (exact) mass is 847 g/mol. The highest BCUT2D eigenvalue weighted by atomic mass is 31.2. The van der Waals surface area contributed by atoms with Crippen molar-refractivity contribution >= 4 is 36.7 Å². The van der Waals surface area contributed by atoms with Gasteiger partial charge in [0.1, 0.15) is 23.0 Å². The van der Waals surface area contributed by atoms with Gasteiger partial charge in [-0.2, -0.15) is 13.2 Å². The van der Waals surface area contributed by atoms with E-state index in [2.05, 4.69) is 0 Å². The Morgan fingerprint density at radius 2 is 1.25 bits per heavy atom. The molecule has 1 spiro atoms. The molecule has 0 radical (unpaired) electrons. The summed E-state index contributed by atoms with van der Waals surface area (Å²) in [6.45, 7) is 9.69. The lowest BCUT2D eigenvalue weighted by molar-refractivity contribution is -0.173. The lowest BCUT2D eigenvalue weighted by atomic mass is 9.77. The molecule has 0 fully saturated rings.